The molecule has 0 bridgehead atoms. The lowest BCUT2D eigenvalue weighted by molar-refractivity contribution is -0.139. The number of rotatable bonds is 4. The summed E-state index contributed by atoms with van der Waals surface area (Å²) in [6.45, 7) is 5.21. The SMILES string of the molecule is Cc1noc(C)c1CCC(=O)N1CCO[C@H](c2nccnc2N)C1. The molecule has 0 radical (unpaired) electrons. The monoisotopic (exact) mass is 331 g/mol. The number of nitrogens with two attached hydrogens (primary N) is 1. The van der Waals surface area contributed by atoms with Crippen molar-refractivity contribution in [3.8, 4) is 0 Å². The quantitative estimate of drug-likeness (QED) is 0.896. The van der Waals surface area contributed by atoms with E-state index in [0.717, 1.165) is 17.0 Å². The Morgan fingerprint density at radius 3 is 2.88 bits per heavy atom. The highest BCUT2D eigenvalue weighted by Gasteiger charge is 2.28. The molecular weight excluding hydrogens is 310 g/mol. The number of carbonyl (C=O) groups excluding carboxylic acids is 1. The molecule has 1 fully saturated rings. The van der Waals surface area contributed by atoms with Crippen molar-refractivity contribution in [1.29, 1.82) is 0 Å². The van der Waals surface area contributed by atoms with Crippen LogP contribution in [0.1, 0.15) is 35.2 Å². The molecule has 1 aliphatic heterocycles. The van der Waals surface area contributed by atoms with Crippen molar-refractivity contribution in [1.82, 2.24) is 20.0 Å². The molecule has 0 aliphatic carbocycles. The molecule has 0 unspecified atom stereocenters. The molecule has 3 heterocycles. The van der Waals surface area contributed by atoms with Crippen LogP contribution in [-0.2, 0) is 16.0 Å². The first-order valence-corrected chi connectivity index (χ1v) is 7.93. The Hall–Kier alpha value is -2.48. The Bertz CT molecular complexity index is 711. The molecule has 2 aromatic heterocycles. The maximum absolute atomic E-state index is 12.5. The number of carbonyl (C=O) groups is 1. The van der Waals surface area contributed by atoms with E-state index in [1.807, 2.05) is 13.8 Å². The number of nitrogens with zero attached hydrogens (tertiary/aromatic N) is 4. The van der Waals surface area contributed by atoms with Crippen LogP contribution in [0.25, 0.3) is 0 Å². The Labute approximate surface area is 140 Å². The number of hydrogen-bond donors (Lipinski definition) is 1. The fraction of sp³-hybridized carbons (Fsp3) is 0.500. The van der Waals surface area contributed by atoms with Crippen molar-refractivity contribution in [3.05, 3.63) is 35.1 Å². The standard InChI is InChI=1S/C16H21N5O3/c1-10-12(11(2)24-20-10)3-4-14(22)21-7-8-23-13(9-21)15-16(17)19-6-5-18-15/h5-6,13H,3-4,7-9H2,1-2H3,(H2,17,19)/t13-/m0/s1. The number of amides is 1. The lowest BCUT2D eigenvalue weighted by atomic mass is 10.1. The summed E-state index contributed by atoms with van der Waals surface area (Å²) >= 11 is 0. The summed E-state index contributed by atoms with van der Waals surface area (Å²) in [5.41, 5.74) is 8.28. The van der Waals surface area contributed by atoms with E-state index in [1.165, 1.54) is 6.20 Å². The zero-order valence-electron chi connectivity index (χ0n) is 13.9. The molecule has 1 atom stereocenters. The van der Waals surface area contributed by atoms with Gasteiger partial charge >= 0.3 is 0 Å². The van der Waals surface area contributed by atoms with Gasteiger partial charge in [-0.3, -0.25) is 9.78 Å². The summed E-state index contributed by atoms with van der Waals surface area (Å²) in [5.74, 6) is 1.19. The van der Waals surface area contributed by atoms with Gasteiger partial charge in [0.25, 0.3) is 0 Å². The van der Waals surface area contributed by atoms with E-state index in [2.05, 4.69) is 15.1 Å². The topological polar surface area (TPSA) is 107 Å². The van der Waals surface area contributed by atoms with Crippen LogP contribution in [0.15, 0.2) is 16.9 Å². The molecule has 1 amide bonds. The van der Waals surface area contributed by atoms with Crippen LogP contribution in [0, 0.1) is 13.8 Å². The molecule has 0 spiro atoms. The third-order valence-electron chi connectivity index (χ3n) is 4.25. The second kappa shape index (κ2) is 6.96. The molecular formula is C16H21N5O3. The first kappa shape index (κ1) is 16.4. The van der Waals surface area contributed by atoms with Gasteiger partial charge in [-0.25, -0.2) is 4.98 Å². The summed E-state index contributed by atoms with van der Waals surface area (Å²) in [7, 11) is 0. The van der Waals surface area contributed by atoms with Crippen molar-refractivity contribution in [2.24, 2.45) is 0 Å². The predicted molar refractivity (Wildman–Crippen MR) is 86.0 cm³/mol. The van der Waals surface area contributed by atoms with E-state index in [-0.39, 0.29) is 12.0 Å². The van der Waals surface area contributed by atoms with Gasteiger partial charge < -0.3 is 19.9 Å². The summed E-state index contributed by atoms with van der Waals surface area (Å²) in [5, 5.41) is 3.92. The van der Waals surface area contributed by atoms with Crippen LogP contribution < -0.4 is 5.73 Å². The van der Waals surface area contributed by atoms with Crippen LogP contribution in [0.5, 0.6) is 0 Å². The van der Waals surface area contributed by atoms with Gasteiger partial charge in [0, 0.05) is 30.9 Å². The molecule has 1 aliphatic rings. The minimum absolute atomic E-state index is 0.0748. The average molecular weight is 331 g/mol. The second-order valence-electron chi connectivity index (χ2n) is 5.83. The number of ether oxygens (including phenoxy) is 1. The summed E-state index contributed by atoms with van der Waals surface area (Å²) in [6.07, 6.45) is 3.80. The van der Waals surface area contributed by atoms with Crippen molar-refractivity contribution in [3.63, 3.8) is 0 Å². The Morgan fingerprint density at radius 2 is 2.17 bits per heavy atom. The normalized spacial score (nSPS) is 17.9. The molecule has 24 heavy (non-hydrogen) atoms. The van der Waals surface area contributed by atoms with E-state index >= 15 is 0 Å². The number of aromatic nitrogens is 3. The van der Waals surface area contributed by atoms with Gasteiger partial charge in [0.2, 0.25) is 5.91 Å². The number of hydrogen-bond acceptors (Lipinski definition) is 7. The van der Waals surface area contributed by atoms with Crippen molar-refractivity contribution in [2.45, 2.75) is 32.8 Å². The molecule has 2 N–H and O–H groups in total. The summed E-state index contributed by atoms with van der Waals surface area (Å²) in [6, 6.07) is 0. The predicted octanol–water partition coefficient (Wildman–Crippen LogP) is 1.20. The molecule has 0 aromatic carbocycles. The Kier molecular flexibility index (Phi) is 4.75. The lowest BCUT2D eigenvalue weighted by Gasteiger charge is -2.33. The maximum Gasteiger partial charge on any atom is 0.223 e. The smallest absolute Gasteiger partial charge is 0.223 e. The van der Waals surface area contributed by atoms with Crippen molar-refractivity contribution in [2.75, 3.05) is 25.4 Å². The number of aryl methyl sites for hydroxylation is 2. The fourth-order valence-electron chi connectivity index (χ4n) is 2.90. The van der Waals surface area contributed by atoms with Gasteiger partial charge in [-0.1, -0.05) is 5.16 Å². The second-order valence-corrected chi connectivity index (χ2v) is 5.83. The average Bonchev–Trinajstić information content (AvgIpc) is 2.91. The third-order valence-corrected chi connectivity index (χ3v) is 4.25. The number of anilines is 1. The highest BCUT2D eigenvalue weighted by molar-refractivity contribution is 5.76. The minimum atomic E-state index is -0.338. The molecule has 1 saturated heterocycles. The first-order chi connectivity index (χ1) is 11.6. The van der Waals surface area contributed by atoms with Gasteiger partial charge in [-0.15, -0.1) is 0 Å². The fourth-order valence-corrected chi connectivity index (χ4v) is 2.90. The maximum atomic E-state index is 12.5. The summed E-state index contributed by atoms with van der Waals surface area (Å²) in [4.78, 5) is 22.6. The molecule has 0 saturated carbocycles. The van der Waals surface area contributed by atoms with Crippen LogP contribution in [0.4, 0.5) is 5.82 Å². The van der Waals surface area contributed by atoms with Gasteiger partial charge in [0.1, 0.15) is 23.4 Å². The Balaban J connectivity index is 1.62. The number of nitrogen functional groups attached to an aromatic ring is 1. The molecule has 8 nitrogen and oxygen atoms in total. The molecule has 3 rings (SSSR count). The van der Waals surface area contributed by atoms with E-state index in [9.17, 15) is 4.79 Å². The van der Waals surface area contributed by atoms with Crippen LogP contribution in [-0.4, -0.2) is 45.6 Å². The lowest BCUT2D eigenvalue weighted by Crippen LogP contribution is -2.42. The highest BCUT2D eigenvalue weighted by Crippen LogP contribution is 2.24. The zero-order valence-corrected chi connectivity index (χ0v) is 13.9. The first-order valence-electron chi connectivity index (χ1n) is 7.93. The van der Waals surface area contributed by atoms with Crippen LogP contribution >= 0.6 is 0 Å². The largest absolute Gasteiger partial charge is 0.382 e. The van der Waals surface area contributed by atoms with Crippen molar-refractivity contribution >= 4 is 11.7 Å². The van der Waals surface area contributed by atoms with E-state index in [1.54, 1.807) is 11.1 Å². The van der Waals surface area contributed by atoms with Gasteiger partial charge in [0.15, 0.2) is 0 Å². The number of morpholine rings is 1. The summed E-state index contributed by atoms with van der Waals surface area (Å²) < 4.78 is 10.8. The third kappa shape index (κ3) is 3.38. The minimum Gasteiger partial charge on any atom is -0.382 e. The molecule has 2 aromatic rings. The Morgan fingerprint density at radius 1 is 1.38 bits per heavy atom. The van der Waals surface area contributed by atoms with Gasteiger partial charge in [-0.2, -0.15) is 0 Å². The van der Waals surface area contributed by atoms with E-state index < -0.39 is 0 Å². The van der Waals surface area contributed by atoms with Gasteiger partial charge in [-0.05, 0) is 20.3 Å². The van der Waals surface area contributed by atoms with Crippen molar-refractivity contribution < 1.29 is 14.1 Å². The molecule has 8 heteroatoms. The van der Waals surface area contributed by atoms with Crippen LogP contribution in [0.3, 0.4) is 0 Å². The highest BCUT2D eigenvalue weighted by atomic mass is 16.5. The van der Waals surface area contributed by atoms with Gasteiger partial charge in [0.05, 0.1) is 18.8 Å². The van der Waals surface area contributed by atoms with E-state index in [0.29, 0.717) is 44.0 Å². The molecule has 128 valence electrons. The van der Waals surface area contributed by atoms with Crippen LogP contribution in [0.2, 0.25) is 0 Å². The zero-order chi connectivity index (χ0) is 17.1. The van der Waals surface area contributed by atoms with E-state index in [4.69, 9.17) is 15.0 Å².